The fourth-order valence-electron chi connectivity index (χ4n) is 3.46. The van der Waals surface area contributed by atoms with Gasteiger partial charge in [-0.2, -0.15) is 0 Å². The van der Waals surface area contributed by atoms with Gasteiger partial charge in [-0.05, 0) is 31.5 Å². The number of fused-ring (bicyclic) bond motifs is 1. The highest BCUT2D eigenvalue weighted by molar-refractivity contribution is 5.89. The first kappa shape index (κ1) is 19.1. The average Bonchev–Trinajstić information content (AvgIpc) is 3.17. The molecule has 6 heteroatoms. The number of benzene rings is 2. The summed E-state index contributed by atoms with van der Waals surface area (Å²) < 4.78 is 29.3. The van der Waals surface area contributed by atoms with Gasteiger partial charge in [0, 0.05) is 0 Å². The maximum absolute atomic E-state index is 12.3. The van der Waals surface area contributed by atoms with E-state index in [1.54, 1.807) is 24.3 Å². The number of carbonyl (C=O) groups excluding carboxylic acids is 1. The lowest BCUT2D eigenvalue weighted by Crippen LogP contribution is -2.39. The summed E-state index contributed by atoms with van der Waals surface area (Å²) in [6, 6.07) is 18.7. The van der Waals surface area contributed by atoms with Crippen molar-refractivity contribution in [1.29, 1.82) is 0 Å². The molecule has 2 aromatic carbocycles. The molecule has 0 unspecified atom stereocenters. The van der Waals surface area contributed by atoms with E-state index in [0.717, 1.165) is 5.56 Å². The maximum Gasteiger partial charge on any atom is 0.338 e. The fourth-order valence-corrected chi connectivity index (χ4v) is 3.46. The first-order chi connectivity index (χ1) is 13.5. The van der Waals surface area contributed by atoms with E-state index in [1.807, 2.05) is 50.2 Å². The predicted molar refractivity (Wildman–Crippen MR) is 100 cm³/mol. The minimum Gasteiger partial charge on any atom is -0.459 e. The molecule has 2 saturated heterocycles. The van der Waals surface area contributed by atoms with Gasteiger partial charge in [0.15, 0.2) is 12.1 Å². The van der Waals surface area contributed by atoms with Gasteiger partial charge in [0.1, 0.15) is 24.9 Å². The Bertz CT molecular complexity index is 791. The van der Waals surface area contributed by atoms with Crippen molar-refractivity contribution in [2.75, 3.05) is 6.61 Å². The lowest BCUT2D eigenvalue weighted by molar-refractivity contribution is -0.222. The van der Waals surface area contributed by atoms with Crippen LogP contribution < -0.4 is 0 Å². The van der Waals surface area contributed by atoms with E-state index in [4.69, 9.17) is 23.7 Å². The predicted octanol–water partition coefficient (Wildman–Crippen LogP) is 3.31. The van der Waals surface area contributed by atoms with Crippen LogP contribution in [0.4, 0.5) is 0 Å². The number of carbonyl (C=O) groups is 1. The second-order valence-electron chi connectivity index (χ2n) is 7.37. The van der Waals surface area contributed by atoms with Crippen molar-refractivity contribution in [3.63, 3.8) is 0 Å². The second-order valence-corrected chi connectivity index (χ2v) is 7.37. The summed E-state index contributed by atoms with van der Waals surface area (Å²) in [7, 11) is 0. The first-order valence-electron chi connectivity index (χ1n) is 9.41. The number of ether oxygens (including phenoxy) is 5. The minimum atomic E-state index is -0.741. The molecule has 0 N–H and O–H groups in total. The Labute approximate surface area is 164 Å². The number of hydrogen-bond donors (Lipinski definition) is 0. The van der Waals surface area contributed by atoms with Crippen molar-refractivity contribution < 1.29 is 28.5 Å². The highest BCUT2D eigenvalue weighted by atomic mass is 16.8. The van der Waals surface area contributed by atoms with E-state index in [1.165, 1.54) is 0 Å². The summed E-state index contributed by atoms with van der Waals surface area (Å²) in [6.45, 7) is 4.15. The van der Waals surface area contributed by atoms with E-state index in [-0.39, 0.29) is 12.7 Å². The van der Waals surface area contributed by atoms with Crippen LogP contribution in [0.1, 0.15) is 29.8 Å². The number of rotatable bonds is 6. The molecule has 0 bridgehead atoms. The summed E-state index contributed by atoms with van der Waals surface area (Å²) in [5, 5.41) is 0. The van der Waals surface area contributed by atoms with Crippen molar-refractivity contribution in [3.8, 4) is 0 Å². The van der Waals surface area contributed by atoms with Gasteiger partial charge in [0.2, 0.25) is 0 Å². The molecule has 4 rings (SSSR count). The number of esters is 1. The Morgan fingerprint density at radius 2 is 1.68 bits per heavy atom. The molecule has 148 valence electrons. The van der Waals surface area contributed by atoms with Crippen LogP contribution in [0, 0.1) is 0 Å². The molecule has 2 aromatic rings. The molecule has 2 fully saturated rings. The third-order valence-corrected chi connectivity index (χ3v) is 4.76. The SMILES string of the molecule is CC1(C)O[C@H]2O[C@H](COC(=O)c3ccccc3)[C@@H](OCc3ccccc3)[C@H]2O1. The van der Waals surface area contributed by atoms with Gasteiger partial charge >= 0.3 is 5.97 Å². The Hall–Kier alpha value is -2.25. The van der Waals surface area contributed by atoms with Gasteiger partial charge in [0.25, 0.3) is 0 Å². The Morgan fingerprint density at radius 1 is 1.00 bits per heavy atom. The standard InChI is InChI=1S/C22H24O6/c1-22(2)27-19-18(24-13-15-9-5-3-6-10-15)17(26-21(19)28-22)14-25-20(23)16-11-7-4-8-12-16/h3-12,17-19,21H,13-14H2,1-2H3/t17-,18-,19-,21-/m1/s1. The van der Waals surface area contributed by atoms with Crippen LogP contribution >= 0.6 is 0 Å². The topological polar surface area (TPSA) is 63.2 Å². The largest absolute Gasteiger partial charge is 0.459 e. The van der Waals surface area contributed by atoms with E-state index in [9.17, 15) is 4.79 Å². The smallest absolute Gasteiger partial charge is 0.338 e. The van der Waals surface area contributed by atoms with Crippen LogP contribution in [0.3, 0.4) is 0 Å². The van der Waals surface area contributed by atoms with Gasteiger partial charge in [-0.3, -0.25) is 0 Å². The lowest BCUT2D eigenvalue weighted by atomic mass is 10.1. The van der Waals surface area contributed by atoms with Crippen molar-refractivity contribution in [2.45, 2.75) is 50.8 Å². The van der Waals surface area contributed by atoms with E-state index in [0.29, 0.717) is 12.2 Å². The third kappa shape index (κ3) is 4.25. The van der Waals surface area contributed by atoms with E-state index in [2.05, 4.69) is 0 Å². The quantitative estimate of drug-likeness (QED) is 0.712. The summed E-state index contributed by atoms with van der Waals surface area (Å²) in [4.78, 5) is 12.3. The van der Waals surface area contributed by atoms with Gasteiger partial charge in [-0.25, -0.2) is 4.79 Å². The molecule has 6 nitrogen and oxygen atoms in total. The highest BCUT2D eigenvalue weighted by Crippen LogP contribution is 2.39. The van der Waals surface area contributed by atoms with Crippen LogP contribution in [0.15, 0.2) is 60.7 Å². The first-order valence-corrected chi connectivity index (χ1v) is 9.41. The number of hydrogen-bond acceptors (Lipinski definition) is 6. The normalized spacial score (nSPS) is 28.1. The molecule has 2 heterocycles. The summed E-state index contributed by atoms with van der Waals surface area (Å²) >= 11 is 0. The molecular formula is C22H24O6. The Morgan fingerprint density at radius 3 is 2.39 bits per heavy atom. The van der Waals surface area contributed by atoms with Crippen LogP contribution in [0.25, 0.3) is 0 Å². The average molecular weight is 384 g/mol. The highest BCUT2D eigenvalue weighted by Gasteiger charge is 2.55. The van der Waals surface area contributed by atoms with Crippen LogP contribution in [0.5, 0.6) is 0 Å². The lowest BCUT2D eigenvalue weighted by Gasteiger charge is -2.25. The van der Waals surface area contributed by atoms with E-state index < -0.39 is 30.3 Å². The van der Waals surface area contributed by atoms with Crippen LogP contribution in [0.2, 0.25) is 0 Å². The van der Waals surface area contributed by atoms with Gasteiger partial charge in [0.05, 0.1) is 12.2 Å². The molecule has 4 atom stereocenters. The van der Waals surface area contributed by atoms with Crippen molar-refractivity contribution in [2.24, 2.45) is 0 Å². The second kappa shape index (κ2) is 8.01. The van der Waals surface area contributed by atoms with Crippen molar-refractivity contribution in [1.82, 2.24) is 0 Å². The van der Waals surface area contributed by atoms with Crippen LogP contribution in [-0.2, 0) is 30.3 Å². The summed E-state index contributed by atoms with van der Waals surface area (Å²) in [5.41, 5.74) is 1.54. The molecule has 0 amide bonds. The molecule has 0 aliphatic carbocycles. The molecule has 28 heavy (non-hydrogen) atoms. The van der Waals surface area contributed by atoms with Crippen LogP contribution in [-0.4, -0.2) is 43.0 Å². The van der Waals surface area contributed by atoms with Crippen molar-refractivity contribution >= 4 is 5.97 Å². The molecule has 0 saturated carbocycles. The molecule has 2 aliphatic rings. The zero-order valence-corrected chi connectivity index (χ0v) is 15.9. The summed E-state index contributed by atoms with van der Waals surface area (Å²) in [6.07, 6.45) is -1.80. The van der Waals surface area contributed by atoms with Gasteiger partial charge in [-0.15, -0.1) is 0 Å². The monoisotopic (exact) mass is 384 g/mol. The Kier molecular flexibility index (Phi) is 5.46. The van der Waals surface area contributed by atoms with Gasteiger partial charge < -0.3 is 23.7 Å². The molecule has 0 spiro atoms. The summed E-state index contributed by atoms with van der Waals surface area (Å²) in [5.74, 6) is -1.14. The zero-order valence-electron chi connectivity index (χ0n) is 15.9. The van der Waals surface area contributed by atoms with Gasteiger partial charge in [-0.1, -0.05) is 48.5 Å². The maximum atomic E-state index is 12.3. The minimum absolute atomic E-state index is 0.0628. The molecular weight excluding hydrogens is 360 g/mol. The van der Waals surface area contributed by atoms with E-state index >= 15 is 0 Å². The molecule has 0 aromatic heterocycles. The molecule has 0 radical (unpaired) electrons. The fraction of sp³-hybridized carbons (Fsp3) is 0.409. The molecule has 2 aliphatic heterocycles. The zero-order chi connectivity index (χ0) is 19.6. The van der Waals surface area contributed by atoms with Crippen molar-refractivity contribution in [3.05, 3.63) is 71.8 Å². The Balaban J connectivity index is 1.42. The third-order valence-electron chi connectivity index (χ3n) is 4.76.